The Balaban J connectivity index is 1.56. The number of hydrogen-bond acceptors (Lipinski definition) is 7. The fourth-order valence-electron chi connectivity index (χ4n) is 3.44. The van der Waals surface area contributed by atoms with E-state index in [9.17, 15) is 14.4 Å². The molecular formula is C24H23N5O4S. The molecule has 4 rings (SSSR count). The number of nitrogens with zero attached hydrogens (tertiary/aromatic N) is 1. The maximum Gasteiger partial charge on any atom is 0.261 e. The van der Waals surface area contributed by atoms with Crippen LogP contribution in [0.4, 0.5) is 5.69 Å². The predicted molar refractivity (Wildman–Crippen MR) is 132 cm³/mol. The molecule has 0 fully saturated rings. The summed E-state index contributed by atoms with van der Waals surface area (Å²) >= 11 is 1.53. The molecule has 1 aromatic carbocycles. The van der Waals surface area contributed by atoms with Crippen molar-refractivity contribution in [3.8, 4) is 5.88 Å². The van der Waals surface area contributed by atoms with Gasteiger partial charge in [-0.05, 0) is 53.1 Å². The third-order valence-electron chi connectivity index (χ3n) is 5.39. The van der Waals surface area contributed by atoms with Crippen molar-refractivity contribution in [1.29, 1.82) is 0 Å². The number of benzene rings is 1. The molecule has 10 heteroatoms. The Kier molecular flexibility index (Phi) is 6.71. The van der Waals surface area contributed by atoms with E-state index >= 15 is 0 Å². The van der Waals surface area contributed by atoms with Crippen molar-refractivity contribution < 1.29 is 14.3 Å². The number of amides is 2. The second kappa shape index (κ2) is 9.86. The maximum atomic E-state index is 12.9. The van der Waals surface area contributed by atoms with Crippen LogP contribution in [0.25, 0.3) is 10.9 Å². The van der Waals surface area contributed by atoms with Crippen LogP contribution < -0.4 is 26.7 Å². The number of hydrogen-bond donors (Lipinski definition) is 4. The number of ether oxygens (including phenoxy) is 1. The van der Waals surface area contributed by atoms with Crippen LogP contribution >= 0.6 is 11.3 Å². The number of nitrogens with one attached hydrogen (secondary N) is 3. The summed E-state index contributed by atoms with van der Waals surface area (Å²) in [6.07, 6.45) is 1.51. The van der Waals surface area contributed by atoms with E-state index in [0.29, 0.717) is 28.0 Å². The van der Waals surface area contributed by atoms with Crippen molar-refractivity contribution in [2.24, 2.45) is 5.73 Å². The summed E-state index contributed by atoms with van der Waals surface area (Å²) in [5, 5.41) is 10.1. The van der Waals surface area contributed by atoms with Gasteiger partial charge >= 0.3 is 0 Å². The summed E-state index contributed by atoms with van der Waals surface area (Å²) in [4.78, 5) is 45.1. The Morgan fingerprint density at radius 2 is 2.03 bits per heavy atom. The first-order valence-corrected chi connectivity index (χ1v) is 11.4. The smallest absolute Gasteiger partial charge is 0.261 e. The Labute approximate surface area is 199 Å². The third kappa shape index (κ3) is 4.82. The van der Waals surface area contributed by atoms with Gasteiger partial charge in [0.2, 0.25) is 5.88 Å². The van der Waals surface area contributed by atoms with E-state index in [0.717, 1.165) is 11.1 Å². The standard InChI is InChI=1S/C24H23N5O4S/c1-13-3-4-14(22(30)29-20(10-25)15-5-6-34-12-15)8-18(13)27-23(31)17-7-16-11-26-21(33-2)9-19(16)28-24(17)32/h3-9,11-12,20H,10,25H2,1-2H3,(H,27,31)(H,28,32)(H,29,30). The molecule has 0 aliphatic carbocycles. The van der Waals surface area contributed by atoms with Gasteiger partial charge in [0.25, 0.3) is 17.4 Å². The first-order valence-electron chi connectivity index (χ1n) is 10.4. The fraction of sp³-hybridized carbons (Fsp3) is 0.167. The molecule has 3 aromatic heterocycles. The van der Waals surface area contributed by atoms with Crippen molar-refractivity contribution in [2.75, 3.05) is 19.0 Å². The maximum absolute atomic E-state index is 12.9. The number of rotatable bonds is 7. The van der Waals surface area contributed by atoms with Crippen molar-refractivity contribution in [2.45, 2.75) is 13.0 Å². The van der Waals surface area contributed by atoms with E-state index in [4.69, 9.17) is 10.5 Å². The topological polar surface area (TPSA) is 139 Å². The lowest BCUT2D eigenvalue weighted by Gasteiger charge is -2.17. The number of nitrogens with two attached hydrogens (primary N) is 1. The molecule has 174 valence electrons. The van der Waals surface area contributed by atoms with Crippen LogP contribution in [-0.2, 0) is 0 Å². The van der Waals surface area contributed by atoms with Crippen LogP contribution in [0.1, 0.15) is 37.9 Å². The average molecular weight is 478 g/mol. The summed E-state index contributed by atoms with van der Waals surface area (Å²) in [6.45, 7) is 2.05. The number of carbonyl (C=O) groups excluding carboxylic acids is 2. The molecule has 0 saturated heterocycles. The van der Waals surface area contributed by atoms with Crippen molar-refractivity contribution in [3.63, 3.8) is 0 Å². The molecule has 0 aliphatic rings. The Hall–Kier alpha value is -4.02. The first-order chi connectivity index (χ1) is 16.4. The highest BCUT2D eigenvalue weighted by Gasteiger charge is 2.18. The SMILES string of the molecule is COc1cc2[nH]c(=O)c(C(=O)Nc3cc(C(=O)NC(CN)c4ccsc4)ccc3C)cc2cn1. The van der Waals surface area contributed by atoms with Crippen LogP contribution in [-0.4, -0.2) is 35.4 Å². The van der Waals surface area contributed by atoms with Gasteiger partial charge in [-0.25, -0.2) is 4.98 Å². The number of carbonyl (C=O) groups is 2. The number of aryl methyl sites for hydroxylation is 1. The van der Waals surface area contributed by atoms with Gasteiger partial charge in [-0.15, -0.1) is 0 Å². The van der Waals surface area contributed by atoms with Crippen molar-refractivity contribution >= 4 is 39.7 Å². The second-order valence-electron chi connectivity index (χ2n) is 7.63. The van der Waals surface area contributed by atoms with E-state index in [1.165, 1.54) is 30.7 Å². The summed E-state index contributed by atoms with van der Waals surface area (Å²) in [5.41, 5.74) is 8.16. The van der Waals surface area contributed by atoms with Gasteiger partial charge in [-0.1, -0.05) is 6.07 Å². The number of pyridine rings is 2. The normalized spacial score (nSPS) is 11.7. The van der Waals surface area contributed by atoms with E-state index in [-0.39, 0.29) is 24.1 Å². The summed E-state index contributed by atoms with van der Waals surface area (Å²) < 4.78 is 5.06. The molecule has 9 nitrogen and oxygen atoms in total. The zero-order valence-electron chi connectivity index (χ0n) is 18.5. The molecule has 2 amide bonds. The quantitative estimate of drug-likeness (QED) is 0.323. The van der Waals surface area contributed by atoms with Crippen LogP contribution in [0.2, 0.25) is 0 Å². The molecule has 1 unspecified atom stereocenters. The van der Waals surface area contributed by atoms with E-state index < -0.39 is 11.5 Å². The van der Waals surface area contributed by atoms with Gasteiger partial charge in [-0.2, -0.15) is 11.3 Å². The largest absolute Gasteiger partial charge is 0.481 e. The predicted octanol–water partition coefficient (Wildman–Crippen LogP) is 2.98. The zero-order chi connectivity index (χ0) is 24.2. The van der Waals surface area contributed by atoms with Gasteiger partial charge in [0.15, 0.2) is 0 Å². The lowest BCUT2D eigenvalue weighted by molar-refractivity contribution is 0.0936. The minimum atomic E-state index is -0.599. The highest BCUT2D eigenvalue weighted by atomic mass is 32.1. The summed E-state index contributed by atoms with van der Waals surface area (Å²) in [7, 11) is 1.48. The summed E-state index contributed by atoms with van der Waals surface area (Å²) in [6, 6.07) is 9.61. The number of aromatic amines is 1. The van der Waals surface area contributed by atoms with E-state index in [1.807, 2.05) is 16.8 Å². The van der Waals surface area contributed by atoms with Crippen LogP contribution in [0.15, 0.2) is 58.1 Å². The van der Waals surface area contributed by atoms with Gasteiger partial charge in [0.05, 0.1) is 18.7 Å². The first kappa shape index (κ1) is 23.1. The van der Waals surface area contributed by atoms with Gasteiger partial charge in [-0.3, -0.25) is 14.4 Å². The molecule has 0 bridgehead atoms. The molecule has 4 aromatic rings. The molecular weight excluding hydrogens is 454 g/mol. The summed E-state index contributed by atoms with van der Waals surface area (Å²) in [5.74, 6) is -0.569. The Morgan fingerprint density at radius 1 is 1.21 bits per heavy atom. The van der Waals surface area contributed by atoms with Crippen molar-refractivity contribution in [1.82, 2.24) is 15.3 Å². The lowest BCUT2D eigenvalue weighted by Crippen LogP contribution is -2.33. The molecule has 0 spiro atoms. The third-order valence-corrected chi connectivity index (χ3v) is 6.09. The van der Waals surface area contributed by atoms with Gasteiger partial charge < -0.3 is 26.1 Å². The number of H-pyrrole nitrogens is 1. The lowest BCUT2D eigenvalue weighted by atomic mass is 10.1. The van der Waals surface area contributed by atoms with Crippen LogP contribution in [0.5, 0.6) is 5.88 Å². The number of methoxy groups -OCH3 is 1. The molecule has 0 saturated carbocycles. The van der Waals surface area contributed by atoms with Crippen LogP contribution in [0.3, 0.4) is 0 Å². The monoisotopic (exact) mass is 477 g/mol. The average Bonchev–Trinajstić information content (AvgIpc) is 3.37. The molecule has 1 atom stereocenters. The van der Waals surface area contributed by atoms with Crippen LogP contribution in [0, 0.1) is 6.92 Å². The number of thiophene rings is 1. The number of aromatic nitrogens is 2. The molecule has 3 heterocycles. The number of fused-ring (bicyclic) bond motifs is 1. The highest BCUT2D eigenvalue weighted by Crippen LogP contribution is 2.21. The van der Waals surface area contributed by atoms with Gasteiger partial charge in [0.1, 0.15) is 5.56 Å². The van der Waals surface area contributed by atoms with Crippen molar-refractivity contribution in [3.05, 3.63) is 86.0 Å². The Morgan fingerprint density at radius 3 is 2.74 bits per heavy atom. The number of anilines is 1. The molecule has 0 radical (unpaired) electrons. The fourth-order valence-corrected chi connectivity index (χ4v) is 4.16. The minimum absolute atomic E-state index is 0.0747. The Bertz CT molecular complexity index is 1410. The van der Waals surface area contributed by atoms with Gasteiger partial charge in [0, 0.05) is 35.4 Å². The molecule has 5 N–H and O–H groups in total. The highest BCUT2D eigenvalue weighted by molar-refractivity contribution is 7.08. The molecule has 34 heavy (non-hydrogen) atoms. The van der Waals surface area contributed by atoms with E-state index in [2.05, 4.69) is 20.6 Å². The second-order valence-corrected chi connectivity index (χ2v) is 8.41. The van der Waals surface area contributed by atoms with E-state index in [1.54, 1.807) is 31.2 Å². The minimum Gasteiger partial charge on any atom is -0.481 e. The molecule has 0 aliphatic heterocycles. The zero-order valence-corrected chi connectivity index (χ0v) is 19.4.